The molecule has 1 aromatic heterocycles. The van der Waals surface area contributed by atoms with Gasteiger partial charge in [0.05, 0.1) is 23.2 Å². The van der Waals surface area contributed by atoms with E-state index in [0.29, 0.717) is 12.1 Å². The fraction of sp³-hybridized carbons (Fsp3) is 0.375. The maximum atomic E-state index is 12.4. The minimum absolute atomic E-state index is 0.0721. The number of rotatable bonds is 6. The molecule has 0 atom stereocenters. The van der Waals surface area contributed by atoms with Crippen LogP contribution in [0.15, 0.2) is 36.5 Å². The first-order valence-corrected chi connectivity index (χ1v) is 9.07. The van der Waals surface area contributed by atoms with Crippen molar-refractivity contribution in [3.8, 4) is 11.3 Å². The third kappa shape index (κ3) is 4.41. The van der Waals surface area contributed by atoms with Gasteiger partial charge in [0.1, 0.15) is 0 Å². The molecule has 1 aromatic carbocycles. The van der Waals surface area contributed by atoms with Crippen molar-refractivity contribution in [3.63, 3.8) is 0 Å². The first-order chi connectivity index (χ1) is 10.8. The van der Waals surface area contributed by atoms with E-state index in [1.54, 1.807) is 11.7 Å². The molecule has 0 unspecified atom stereocenters. The normalized spacial score (nSPS) is 11.7. The highest BCUT2D eigenvalue weighted by atomic mass is 32.2. The SMILES string of the molecule is CC(C)CCS(=O)(=O)NC(=O)c1cnn(C)c1-c1ccccc1. The third-order valence-corrected chi connectivity index (χ3v) is 4.71. The van der Waals surface area contributed by atoms with Crippen LogP contribution in [0.25, 0.3) is 11.3 Å². The number of aromatic nitrogens is 2. The summed E-state index contributed by atoms with van der Waals surface area (Å²) in [5.41, 5.74) is 1.63. The number of benzene rings is 1. The zero-order valence-electron chi connectivity index (χ0n) is 13.5. The van der Waals surface area contributed by atoms with Gasteiger partial charge in [-0.2, -0.15) is 5.10 Å². The lowest BCUT2D eigenvalue weighted by atomic mass is 10.1. The fourth-order valence-electron chi connectivity index (χ4n) is 2.18. The molecule has 0 fully saturated rings. The van der Waals surface area contributed by atoms with Crippen molar-refractivity contribution in [1.29, 1.82) is 0 Å². The monoisotopic (exact) mass is 335 g/mol. The number of hydrogen-bond donors (Lipinski definition) is 1. The van der Waals surface area contributed by atoms with E-state index in [4.69, 9.17) is 0 Å². The first kappa shape index (κ1) is 17.2. The number of carbonyl (C=O) groups is 1. The molecule has 0 aliphatic rings. The van der Waals surface area contributed by atoms with Crippen molar-refractivity contribution in [2.45, 2.75) is 20.3 Å². The molecule has 124 valence electrons. The molecular weight excluding hydrogens is 314 g/mol. The lowest BCUT2D eigenvalue weighted by Gasteiger charge is -2.09. The molecule has 0 spiro atoms. The standard InChI is InChI=1S/C16H21N3O3S/c1-12(2)9-10-23(21,22)18-16(20)14-11-17-19(3)15(14)13-7-5-4-6-8-13/h4-8,11-12H,9-10H2,1-3H3,(H,18,20). The van der Waals surface area contributed by atoms with E-state index in [1.807, 2.05) is 44.2 Å². The summed E-state index contributed by atoms with van der Waals surface area (Å²) in [6.07, 6.45) is 1.89. The zero-order chi connectivity index (χ0) is 17.0. The van der Waals surface area contributed by atoms with Crippen LogP contribution in [0.4, 0.5) is 0 Å². The van der Waals surface area contributed by atoms with Crippen LogP contribution >= 0.6 is 0 Å². The van der Waals surface area contributed by atoms with Gasteiger partial charge in [-0.1, -0.05) is 44.2 Å². The van der Waals surface area contributed by atoms with Crippen molar-refractivity contribution in [3.05, 3.63) is 42.1 Å². The Labute approximate surface area is 136 Å². The molecule has 6 nitrogen and oxygen atoms in total. The van der Waals surface area contributed by atoms with E-state index in [1.165, 1.54) is 6.20 Å². The lowest BCUT2D eigenvalue weighted by molar-refractivity contribution is 0.0982. The average molecular weight is 335 g/mol. The molecular formula is C16H21N3O3S. The van der Waals surface area contributed by atoms with Gasteiger partial charge in [0.25, 0.3) is 5.91 Å². The van der Waals surface area contributed by atoms with Crippen LogP contribution in [-0.4, -0.2) is 29.9 Å². The van der Waals surface area contributed by atoms with Gasteiger partial charge < -0.3 is 0 Å². The van der Waals surface area contributed by atoms with Crippen molar-refractivity contribution < 1.29 is 13.2 Å². The largest absolute Gasteiger partial charge is 0.268 e. The Kier molecular flexibility index (Phi) is 5.20. The van der Waals surface area contributed by atoms with Gasteiger partial charge in [-0.05, 0) is 12.3 Å². The Morgan fingerprint density at radius 3 is 2.52 bits per heavy atom. The maximum absolute atomic E-state index is 12.4. The van der Waals surface area contributed by atoms with E-state index in [0.717, 1.165) is 5.56 Å². The molecule has 1 heterocycles. The van der Waals surface area contributed by atoms with Crippen molar-refractivity contribution in [2.75, 3.05) is 5.75 Å². The highest BCUT2D eigenvalue weighted by molar-refractivity contribution is 7.90. The number of sulfonamides is 1. The second-order valence-electron chi connectivity index (χ2n) is 5.83. The van der Waals surface area contributed by atoms with Crippen LogP contribution in [0, 0.1) is 5.92 Å². The zero-order valence-corrected chi connectivity index (χ0v) is 14.3. The van der Waals surface area contributed by atoms with Crippen molar-refractivity contribution >= 4 is 15.9 Å². The summed E-state index contributed by atoms with van der Waals surface area (Å²) in [5, 5.41) is 4.08. The van der Waals surface area contributed by atoms with E-state index in [9.17, 15) is 13.2 Å². The van der Waals surface area contributed by atoms with Crippen molar-refractivity contribution in [1.82, 2.24) is 14.5 Å². The van der Waals surface area contributed by atoms with Gasteiger partial charge in [-0.25, -0.2) is 13.1 Å². The highest BCUT2D eigenvalue weighted by Gasteiger charge is 2.22. The molecule has 7 heteroatoms. The number of aryl methyl sites for hydroxylation is 1. The van der Waals surface area contributed by atoms with E-state index in [2.05, 4.69) is 9.82 Å². The number of nitrogens with zero attached hydrogens (tertiary/aromatic N) is 2. The Bertz CT molecular complexity index is 780. The highest BCUT2D eigenvalue weighted by Crippen LogP contribution is 2.22. The van der Waals surface area contributed by atoms with E-state index < -0.39 is 15.9 Å². The summed E-state index contributed by atoms with van der Waals surface area (Å²) < 4.78 is 27.7. The van der Waals surface area contributed by atoms with Crippen LogP contribution in [0.1, 0.15) is 30.6 Å². The summed E-state index contributed by atoms with van der Waals surface area (Å²) in [6.45, 7) is 3.87. The summed E-state index contributed by atoms with van der Waals surface area (Å²) in [5.74, 6) is -0.474. The summed E-state index contributed by atoms with van der Waals surface area (Å²) >= 11 is 0. The van der Waals surface area contributed by atoms with Gasteiger partial charge in [-0.3, -0.25) is 9.48 Å². The maximum Gasteiger partial charge on any atom is 0.268 e. The number of carbonyl (C=O) groups excluding carboxylic acids is 1. The first-order valence-electron chi connectivity index (χ1n) is 7.42. The van der Waals surface area contributed by atoms with E-state index >= 15 is 0 Å². The topological polar surface area (TPSA) is 81.1 Å². The Balaban J connectivity index is 2.25. The van der Waals surface area contributed by atoms with Gasteiger partial charge >= 0.3 is 0 Å². The molecule has 1 N–H and O–H groups in total. The van der Waals surface area contributed by atoms with Crippen LogP contribution in [0.2, 0.25) is 0 Å². The molecule has 0 aliphatic heterocycles. The van der Waals surface area contributed by atoms with Crippen LogP contribution < -0.4 is 4.72 Å². The predicted octanol–water partition coefficient (Wildman–Crippen LogP) is 2.19. The number of nitrogens with one attached hydrogen (secondary N) is 1. The molecule has 0 radical (unpaired) electrons. The summed E-state index contributed by atoms with van der Waals surface area (Å²) in [4.78, 5) is 12.4. The summed E-state index contributed by atoms with van der Waals surface area (Å²) in [7, 11) is -1.94. The second kappa shape index (κ2) is 6.95. The van der Waals surface area contributed by atoms with Crippen LogP contribution in [0.3, 0.4) is 0 Å². The molecule has 1 amide bonds. The third-order valence-electron chi connectivity index (χ3n) is 3.44. The minimum Gasteiger partial charge on any atom is -0.268 e. The smallest absolute Gasteiger partial charge is 0.268 e. The molecule has 0 saturated heterocycles. The number of amides is 1. The van der Waals surface area contributed by atoms with E-state index in [-0.39, 0.29) is 17.2 Å². The molecule has 0 saturated carbocycles. The number of hydrogen-bond acceptors (Lipinski definition) is 4. The second-order valence-corrected chi connectivity index (χ2v) is 7.67. The molecule has 0 bridgehead atoms. The Morgan fingerprint density at radius 1 is 1.26 bits per heavy atom. The van der Waals surface area contributed by atoms with Gasteiger partial charge in [0.15, 0.2) is 0 Å². The van der Waals surface area contributed by atoms with Crippen molar-refractivity contribution in [2.24, 2.45) is 13.0 Å². The molecule has 2 aromatic rings. The average Bonchev–Trinajstić information content (AvgIpc) is 2.88. The predicted molar refractivity (Wildman–Crippen MR) is 89.4 cm³/mol. The lowest BCUT2D eigenvalue weighted by Crippen LogP contribution is -2.33. The van der Waals surface area contributed by atoms with Gasteiger partial charge in [0.2, 0.25) is 10.0 Å². The fourth-order valence-corrected chi connectivity index (χ4v) is 3.46. The van der Waals surface area contributed by atoms with Crippen LogP contribution in [0.5, 0.6) is 0 Å². The molecule has 23 heavy (non-hydrogen) atoms. The Morgan fingerprint density at radius 2 is 1.91 bits per heavy atom. The molecule has 0 aliphatic carbocycles. The van der Waals surface area contributed by atoms with Crippen LogP contribution in [-0.2, 0) is 17.1 Å². The quantitative estimate of drug-likeness (QED) is 0.877. The Hall–Kier alpha value is -2.15. The minimum atomic E-state index is -3.65. The summed E-state index contributed by atoms with van der Waals surface area (Å²) in [6, 6.07) is 9.27. The van der Waals surface area contributed by atoms with Gasteiger partial charge in [0, 0.05) is 12.6 Å². The molecule has 2 rings (SSSR count). The van der Waals surface area contributed by atoms with Gasteiger partial charge in [-0.15, -0.1) is 0 Å².